The summed E-state index contributed by atoms with van der Waals surface area (Å²) in [5, 5.41) is 0. The summed E-state index contributed by atoms with van der Waals surface area (Å²) in [4.78, 5) is 68.6. The zero-order valence-electron chi connectivity index (χ0n) is 35.5. The molecular weight excluding hydrogens is 809 g/mol. The number of nitrogens with two attached hydrogens (primary N) is 1. The van der Waals surface area contributed by atoms with E-state index in [0.717, 1.165) is 38.5 Å². The molecule has 16 heteroatoms. The number of carbonyl (C=O) groups excluding carboxylic acids is 4. The van der Waals surface area contributed by atoms with Crippen LogP contribution in [0.15, 0.2) is 18.2 Å². The van der Waals surface area contributed by atoms with Crippen LogP contribution in [0.4, 0.5) is 8.78 Å². The van der Waals surface area contributed by atoms with Gasteiger partial charge in [-0.3, -0.25) is 23.9 Å². The van der Waals surface area contributed by atoms with Crippen molar-refractivity contribution in [3.63, 3.8) is 0 Å². The van der Waals surface area contributed by atoms with E-state index in [4.69, 9.17) is 25.2 Å². The van der Waals surface area contributed by atoms with Crippen LogP contribution in [0.2, 0.25) is 0 Å². The number of benzene rings is 1. The molecule has 2 amide bonds. The number of ketones is 1. The maximum Gasteiger partial charge on any atom is 0.306 e. The van der Waals surface area contributed by atoms with Crippen molar-refractivity contribution in [1.29, 1.82) is 0 Å². The molecule has 1 saturated heterocycles. The molecule has 5 fully saturated rings. The predicted octanol–water partition coefficient (Wildman–Crippen LogP) is 5.46. The summed E-state index contributed by atoms with van der Waals surface area (Å²) in [7, 11) is -4.20. The van der Waals surface area contributed by atoms with Gasteiger partial charge in [0.2, 0.25) is 34.1 Å². The first-order valence-electron chi connectivity index (χ1n) is 21.8. The number of sulfonamides is 1. The number of nitrogens with one attached hydrogen (secondary N) is 1. The van der Waals surface area contributed by atoms with Gasteiger partial charge in [0.25, 0.3) is 0 Å². The van der Waals surface area contributed by atoms with Crippen LogP contribution in [0.1, 0.15) is 117 Å². The van der Waals surface area contributed by atoms with Crippen molar-refractivity contribution in [3.8, 4) is 17.8 Å². The Labute approximate surface area is 356 Å². The van der Waals surface area contributed by atoms with Gasteiger partial charge in [-0.15, -0.1) is 0 Å². The van der Waals surface area contributed by atoms with Crippen molar-refractivity contribution in [1.82, 2.24) is 19.6 Å². The summed E-state index contributed by atoms with van der Waals surface area (Å²) in [6.07, 6.45) is 1.23. The molecule has 330 valence electrons. The van der Waals surface area contributed by atoms with Crippen molar-refractivity contribution >= 4 is 44.6 Å². The first kappa shape index (κ1) is 43.3. The van der Waals surface area contributed by atoms with Crippen molar-refractivity contribution in [2.75, 3.05) is 6.54 Å². The number of esters is 1. The zero-order chi connectivity index (χ0) is 43.8. The highest BCUT2D eigenvalue weighted by molar-refractivity contribution is 7.91. The van der Waals surface area contributed by atoms with Gasteiger partial charge >= 0.3 is 5.97 Å². The van der Waals surface area contributed by atoms with Gasteiger partial charge in [-0.2, -0.15) is 0 Å². The number of Topliss-reactive ketones (excluding diaryl/α,β-unsaturated/α-hetero) is 1. The molecule has 0 radical (unpaired) electrons. The third-order valence-corrected chi connectivity index (χ3v) is 16.9. The van der Waals surface area contributed by atoms with Gasteiger partial charge in [-0.25, -0.2) is 27.2 Å². The van der Waals surface area contributed by atoms with Gasteiger partial charge < -0.3 is 20.1 Å². The molecule has 13 nitrogen and oxygen atoms in total. The highest BCUT2D eigenvalue weighted by Crippen LogP contribution is 2.60. The number of aromatic nitrogens is 2. The number of hydrogen-bond donors (Lipinski definition) is 2. The molecule has 6 aliphatic rings. The first-order chi connectivity index (χ1) is 28.7. The number of hydrogen-bond acceptors (Lipinski definition) is 11. The molecule has 0 spiro atoms. The first-order valence-corrected chi connectivity index (χ1v) is 23.3. The Bertz CT molecular complexity index is 2300. The molecule has 10 atom stereocenters. The average molecular weight is 866 g/mol. The number of carbonyl (C=O) groups is 4. The van der Waals surface area contributed by atoms with E-state index in [1.54, 1.807) is 19.1 Å². The molecule has 1 unspecified atom stereocenters. The van der Waals surface area contributed by atoms with Crippen LogP contribution >= 0.6 is 0 Å². The minimum Gasteiger partial charge on any atom is -0.471 e. The number of alkyl halides is 2. The lowest BCUT2D eigenvalue weighted by molar-refractivity contribution is -0.158. The highest BCUT2D eigenvalue weighted by Gasteiger charge is 2.67. The van der Waals surface area contributed by atoms with Crippen molar-refractivity contribution in [2.45, 2.75) is 141 Å². The van der Waals surface area contributed by atoms with Crippen molar-refractivity contribution in [2.24, 2.45) is 52.1 Å². The smallest absolute Gasteiger partial charge is 0.306 e. The van der Waals surface area contributed by atoms with E-state index in [0.29, 0.717) is 53.4 Å². The topological polar surface area (TPSA) is 188 Å². The largest absolute Gasteiger partial charge is 0.471 e. The van der Waals surface area contributed by atoms with Gasteiger partial charge in [0.15, 0.2) is 5.78 Å². The zero-order valence-corrected chi connectivity index (χ0v) is 36.4. The molecule has 1 aromatic heterocycles. The fraction of sp³-hybridized carbons (Fsp3) is 0.689. The van der Waals surface area contributed by atoms with Crippen LogP contribution in [-0.4, -0.2) is 82.8 Å². The number of fused-ring (bicyclic) bond motifs is 7. The van der Waals surface area contributed by atoms with Crippen LogP contribution in [0.25, 0.3) is 11.0 Å². The van der Waals surface area contributed by atoms with Gasteiger partial charge in [-0.1, -0.05) is 40.5 Å². The normalized spacial score (nSPS) is 33.4. The molecule has 3 N–H and O–H groups in total. The number of amides is 2. The second-order valence-corrected chi connectivity index (χ2v) is 22.2. The minimum atomic E-state index is -4.20. The van der Waals surface area contributed by atoms with E-state index in [-0.39, 0.29) is 30.9 Å². The van der Waals surface area contributed by atoms with E-state index in [1.807, 2.05) is 31.6 Å². The van der Waals surface area contributed by atoms with Crippen LogP contribution in [0.5, 0.6) is 5.88 Å². The summed E-state index contributed by atoms with van der Waals surface area (Å²) in [6.45, 7) is 8.60. The fourth-order valence-electron chi connectivity index (χ4n) is 10.4. The average Bonchev–Trinajstić information content (AvgIpc) is 4.14. The van der Waals surface area contributed by atoms with Crippen molar-refractivity contribution in [3.05, 3.63) is 29.5 Å². The summed E-state index contributed by atoms with van der Waals surface area (Å²) >= 11 is 0. The number of ether oxygens (including phenoxy) is 2. The lowest BCUT2D eigenvalue weighted by Crippen LogP contribution is -2.50. The number of aryl methyl sites for hydroxylation is 1. The minimum absolute atomic E-state index is 0.117. The fourth-order valence-corrected chi connectivity index (χ4v) is 11.7. The second-order valence-electron chi connectivity index (χ2n) is 20.0. The van der Waals surface area contributed by atoms with E-state index in [9.17, 15) is 31.6 Å². The molecule has 61 heavy (non-hydrogen) atoms. The molecule has 1 aromatic carbocycles. The standard InChI is InChI=1S/C45H57F2N5O8S/c1-24-36-23-52(38(24)34(53)22-45(21-30(45)39(46)47)42(56)51-61(57,58)44(5)14-15-44)41(55)29(43(2,3)4)20-37(54)59-35-19-26-18-28(26)27(35)9-7-6-8-10-32-40(60-36)50-33-17-25(13-16-48)11-12-31(33)49-32/h11-12,17,24,26-30,35-36,38-39H,6-10,14-15,18-23,48H2,1-5H3,(H,51,56)/t24-,26+,27-,28+,29-,30+,35-,36+,38+,45?/m1/s1. The second kappa shape index (κ2) is 15.8. The number of halogens is 2. The van der Waals surface area contributed by atoms with Gasteiger partial charge in [0.05, 0.1) is 46.1 Å². The summed E-state index contributed by atoms with van der Waals surface area (Å²) in [5.74, 6) is -1.70. The van der Waals surface area contributed by atoms with E-state index in [1.165, 1.54) is 11.8 Å². The molecule has 2 bridgehead atoms. The molecule has 4 aliphatic carbocycles. The van der Waals surface area contributed by atoms with Gasteiger partial charge in [0, 0.05) is 29.9 Å². The van der Waals surface area contributed by atoms with Crippen LogP contribution < -0.4 is 15.2 Å². The summed E-state index contributed by atoms with van der Waals surface area (Å²) in [5.41, 5.74) is 5.08. The molecule has 2 aliphatic heterocycles. The third kappa shape index (κ3) is 8.32. The Kier molecular flexibility index (Phi) is 11.2. The molecule has 4 saturated carbocycles. The maximum atomic E-state index is 15.0. The quantitative estimate of drug-likeness (QED) is 0.205. The maximum absolute atomic E-state index is 15.0. The number of nitrogens with zero attached hydrogens (tertiary/aromatic N) is 3. The summed E-state index contributed by atoms with van der Waals surface area (Å²) in [6, 6.07) is 6.50. The van der Waals surface area contributed by atoms with Gasteiger partial charge in [0.1, 0.15) is 17.9 Å². The van der Waals surface area contributed by atoms with E-state index < -0.39 is 98.3 Å². The van der Waals surface area contributed by atoms with Crippen LogP contribution in [-0.2, 0) is 40.4 Å². The van der Waals surface area contributed by atoms with Crippen LogP contribution in [0, 0.1) is 58.3 Å². The summed E-state index contributed by atoms with van der Waals surface area (Å²) < 4.78 is 68.9. The molecular formula is C45H57F2N5O8S. The van der Waals surface area contributed by atoms with E-state index in [2.05, 4.69) is 12.0 Å². The monoisotopic (exact) mass is 865 g/mol. The Morgan fingerprint density at radius 2 is 1.80 bits per heavy atom. The predicted molar refractivity (Wildman–Crippen MR) is 220 cm³/mol. The lowest BCUT2D eigenvalue weighted by Gasteiger charge is -2.35. The Morgan fingerprint density at radius 1 is 1.05 bits per heavy atom. The van der Waals surface area contributed by atoms with Crippen molar-refractivity contribution < 1.29 is 45.9 Å². The lowest BCUT2D eigenvalue weighted by atomic mass is 9.77. The van der Waals surface area contributed by atoms with Crippen LogP contribution in [0.3, 0.4) is 0 Å². The SMILES string of the molecule is C[C@@H]1[C@@H]2CN(C(=O)[C@H](C(C)(C)C)CC(=O)O[C@@H]3C[C@@H]4C[C@@H]4[C@H]3CCCCCc3nc4ccc(C#CN)cc4nc3O2)[C@@H]1C(=O)CC1(C(=O)NS(=O)(=O)C2(C)CC2)C[C@H]1C(F)F. The molecule has 3 heterocycles. The Hall–Kier alpha value is -4.39. The highest BCUT2D eigenvalue weighted by atomic mass is 32.2. The van der Waals surface area contributed by atoms with Gasteiger partial charge in [-0.05, 0) is 106 Å². The molecule has 2 aromatic rings. The van der Waals surface area contributed by atoms with E-state index >= 15 is 4.79 Å². The molecule has 8 rings (SSSR count). The Morgan fingerprint density at radius 3 is 2.48 bits per heavy atom. The number of rotatable bonds is 7. The third-order valence-electron chi connectivity index (χ3n) is 14.8. The Balaban J connectivity index is 1.16.